The van der Waals surface area contributed by atoms with Crippen molar-refractivity contribution < 1.29 is 4.39 Å². The van der Waals surface area contributed by atoms with Gasteiger partial charge in [-0.3, -0.25) is 0 Å². The first-order valence-corrected chi connectivity index (χ1v) is 5.25. The van der Waals surface area contributed by atoms with Crippen molar-refractivity contribution >= 4 is 28.8 Å². The Morgan fingerprint density at radius 1 is 1.41 bits per heavy atom. The van der Waals surface area contributed by atoms with E-state index in [0.717, 1.165) is 0 Å². The Bertz CT molecular complexity index is 559. The average Bonchev–Trinajstić information content (AvgIpc) is 2.29. The monoisotopic (exact) mass is 252 g/mol. The van der Waals surface area contributed by atoms with Gasteiger partial charge in [0.1, 0.15) is 5.82 Å². The molecule has 1 aromatic carbocycles. The van der Waals surface area contributed by atoms with E-state index in [1.54, 1.807) is 19.1 Å². The lowest BCUT2D eigenvalue weighted by atomic mass is 10.2. The zero-order valence-corrected chi connectivity index (χ0v) is 9.79. The zero-order chi connectivity index (χ0) is 12.4. The van der Waals surface area contributed by atoms with Gasteiger partial charge in [0.2, 0.25) is 5.28 Å². The van der Waals surface area contributed by atoms with Crippen LogP contribution >= 0.6 is 11.6 Å². The minimum Gasteiger partial charge on any atom is -0.394 e. The second-order valence-electron chi connectivity index (χ2n) is 3.53. The van der Waals surface area contributed by atoms with Gasteiger partial charge in [-0.25, -0.2) is 9.37 Å². The molecule has 0 aliphatic carbocycles. The molecule has 17 heavy (non-hydrogen) atoms. The van der Waals surface area contributed by atoms with E-state index in [4.69, 9.17) is 17.3 Å². The van der Waals surface area contributed by atoms with Crippen LogP contribution in [-0.2, 0) is 0 Å². The van der Waals surface area contributed by atoms with Crippen molar-refractivity contribution in [1.29, 1.82) is 0 Å². The molecule has 0 fully saturated rings. The Labute approximate surface area is 103 Å². The fraction of sp³-hybridized carbons (Fsp3) is 0.0909. The smallest absolute Gasteiger partial charge is 0.224 e. The van der Waals surface area contributed by atoms with E-state index in [2.05, 4.69) is 15.3 Å². The molecule has 0 saturated carbocycles. The van der Waals surface area contributed by atoms with Crippen molar-refractivity contribution in [2.24, 2.45) is 0 Å². The van der Waals surface area contributed by atoms with Gasteiger partial charge in [-0.05, 0) is 36.2 Å². The normalized spacial score (nSPS) is 10.3. The van der Waals surface area contributed by atoms with Crippen molar-refractivity contribution in [3.8, 4) is 0 Å². The highest BCUT2D eigenvalue weighted by Crippen LogP contribution is 2.22. The minimum absolute atomic E-state index is 0.0780. The van der Waals surface area contributed by atoms with Gasteiger partial charge in [-0.2, -0.15) is 4.98 Å². The second-order valence-corrected chi connectivity index (χ2v) is 3.87. The van der Waals surface area contributed by atoms with Gasteiger partial charge in [-0.1, -0.05) is 6.07 Å². The Morgan fingerprint density at radius 2 is 2.18 bits per heavy atom. The van der Waals surface area contributed by atoms with Crippen LogP contribution in [0, 0.1) is 12.7 Å². The number of nitrogens with zero attached hydrogens (tertiary/aromatic N) is 2. The van der Waals surface area contributed by atoms with Gasteiger partial charge in [0, 0.05) is 5.69 Å². The molecule has 0 saturated heterocycles. The molecule has 0 bridgehead atoms. The highest BCUT2D eigenvalue weighted by Gasteiger charge is 2.05. The number of anilines is 3. The van der Waals surface area contributed by atoms with Crippen LogP contribution in [0.4, 0.5) is 21.6 Å². The van der Waals surface area contributed by atoms with E-state index >= 15 is 0 Å². The number of halogens is 2. The average molecular weight is 253 g/mol. The summed E-state index contributed by atoms with van der Waals surface area (Å²) >= 11 is 5.65. The Morgan fingerprint density at radius 3 is 2.88 bits per heavy atom. The number of aryl methyl sites for hydroxylation is 1. The van der Waals surface area contributed by atoms with E-state index in [9.17, 15) is 4.39 Å². The fourth-order valence-corrected chi connectivity index (χ4v) is 1.41. The molecule has 0 amide bonds. The SMILES string of the molecule is Cc1ccc(Nc2nc(Cl)ncc2N)cc1F. The van der Waals surface area contributed by atoms with Crippen molar-refractivity contribution in [2.75, 3.05) is 11.1 Å². The summed E-state index contributed by atoms with van der Waals surface area (Å²) in [4.78, 5) is 7.64. The number of hydrogen-bond acceptors (Lipinski definition) is 4. The molecule has 1 heterocycles. The maximum atomic E-state index is 13.3. The summed E-state index contributed by atoms with van der Waals surface area (Å²) < 4.78 is 13.3. The van der Waals surface area contributed by atoms with Crippen LogP contribution in [0.3, 0.4) is 0 Å². The zero-order valence-electron chi connectivity index (χ0n) is 9.04. The quantitative estimate of drug-likeness (QED) is 0.807. The van der Waals surface area contributed by atoms with Crippen LogP contribution in [-0.4, -0.2) is 9.97 Å². The maximum Gasteiger partial charge on any atom is 0.224 e. The number of aromatic nitrogens is 2. The predicted molar refractivity (Wildman–Crippen MR) is 65.9 cm³/mol. The Balaban J connectivity index is 2.31. The van der Waals surface area contributed by atoms with Crippen LogP contribution in [0.5, 0.6) is 0 Å². The molecule has 0 spiro atoms. The molecule has 0 aliphatic heterocycles. The fourth-order valence-electron chi connectivity index (χ4n) is 1.28. The molecule has 4 nitrogen and oxygen atoms in total. The van der Waals surface area contributed by atoms with Gasteiger partial charge in [-0.15, -0.1) is 0 Å². The minimum atomic E-state index is -0.297. The third-order valence-electron chi connectivity index (χ3n) is 2.22. The van der Waals surface area contributed by atoms with Gasteiger partial charge in [0.15, 0.2) is 5.82 Å². The molecular formula is C11H10ClFN4. The van der Waals surface area contributed by atoms with Crippen LogP contribution in [0.2, 0.25) is 5.28 Å². The van der Waals surface area contributed by atoms with Crippen LogP contribution in [0.25, 0.3) is 0 Å². The molecule has 0 aliphatic rings. The molecule has 3 N–H and O–H groups in total. The van der Waals surface area contributed by atoms with Crippen LogP contribution in [0.15, 0.2) is 24.4 Å². The summed E-state index contributed by atoms with van der Waals surface area (Å²) in [5.74, 6) is 0.0574. The molecule has 1 aromatic heterocycles. The number of benzene rings is 1. The summed E-state index contributed by atoms with van der Waals surface area (Å²) in [6.07, 6.45) is 1.39. The summed E-state index contributed by atoms with van der Waals surface area (Å²) in [7, 11) is 0. The number of nitrogens with one attached hydrogen (secondary N) is 1. The second kappa shape index (κ2) is 4.55. The molecule has 88 valence electrons. The number of hydrogen-bond donors (Lipinski definition) is 2. The van der Waals surface area contributed by atoms with E-state index in [1.165, 1.54) is 12.3 Å². The molecule has 2 aromatic rings. The topological polar surface area (TPSA) is 63.8 Å². The van der Waals surface area contributed by atoms with Crippen LogP contribution < -0.4 is 11.1 Å². The lowest BCUT2D eigenvalue weighted by molar-refractivity contribution is 0.619. The van der Waals surface area contributed by atoms with E-state index in [-0.39, 0.29) is 11.1 Å². The Hall–Kier alpha value is -1.88. The lowest BCUT2D eigenvalue weighted by Gasteiger charge is -2.08. The summed E-state index contributed by atoms with van der Waals surface area (Å²) in [6, 6.07) is 4.76. The summed E-state index contributed by atoms with van der Waals surface area (Å²) in [5, 5.41) is 2.96. The highest BCUT2D eigenvalue weighted by atomic mass is 35.5. The standard InChI is InChI=1S/C11H10ClFN4/c1-6-2-3-7(4-8(6)13)16-10-9(14)5-15-11(12)17-10/h2-5H,14H2,1H3,(H,15,16,17). The molecule has 2 rings (SSSR count). The number of rotatable bonds is 2. The van der Waals surface area contributed by atoms with Crippen molar-refractivity contribution in [2.45, 2.75) is 6.92 Å². The summed E-state index contributed by atoms with van der Waals surface area (Å²) in [6.45, 7) is 1.69. The molecule has 6 heteroatoms. The molecule has 0 unspecified atom stereocenters. The van der Waals surface area contributed by atoms with Crippen molar-refractivity contribution in [1.82, 2.24) is 9.97 Å². The molecular weight excluding hydrogens is 243 g/mol. The van der Waals surface area contributed by atoms with E-state index < -0.39 is 0 Å². The maximum absolute atomic E-state index is 13.3. The Kier molecular flexibility index (Phi) is 3.10. The van der Waals surface area contributed by atoms with Gasteiger partial charge >= 0.3 is 0 Å². The van der Waals surface area contributed by atoms with Gasteiger partial charge in [0.05, 0.1) is 11.9 Å². The first kappa shape index (κ1) is 11.6. The van der Waals surface area contributed by atoms with Crippen molar-refractivity contribution in [3.05, 3.63) is 41.1 Å². The first-order valence-electron chi connectivity index (χ1n) is 4.87. The summed E-state index contributed by atoms with van der Waals surface area (Å²) in [5.41, 5.74) is 7.13. The number of nitrogen functional groups attached to an aromatic ring is 1. The van der Waals surface area contributed by atoms with Crippen LogP contribution in [0.1, 0.15) is 5.56 Å². The predicted octanol–water partition coefficient (Wildman–Crippen LogP) is 2.90. The molecule has 0 radical (unpaired) electrons. The van der Waals surface area contributed by atoms with Gasteiger partial charge in [0.25, 0.3) is 0 Å². The highest BCUT2D eigenvalue weighted by molar-refractivity contribution is 6.28. The number of nitrogens with two attached hydrogens (primary N) is 1. The van der Waals surface area contributed by atoms with E-state index in [1.807, 2.05) is 0 Å². The van der Waals surface area contributed by atoms with Gasteiger partial charge < -0.3 is 11.1 Å². The lowest BCUT2D eigenvalue weighted by Crippen LogP contribution is -2.01. The third-order valence-corrected chi connectivity index (χ3v) is 2.40. The third kappa shape index (κ3) is 2.62. The largest absolute Gasteiger partial charge is 0.394 e. The molecule has 0 atom stereocenters. The van der Waals surface area contributed by atoms with Crippen molar-refractivity contribution in [3.63, 3.8) is 0 Å². The first-order chi connectivity index (χ1) is 8.06. The van der Waals surface area contributed by atoms with E-state index in [0.29, 0.717) is 22.8 Å².